The lowest BCUT2D eigenvalue weighted by Crippen LogP contribution is -2.50. The summed E-state index contributed by atoms with van der Waals surface area (Å²) in [6.07, 6.45) is 0. The highest BCUT2D eigenvalue weighted by Crippen LogP contribution is 2.26. The third-order valence-electron chi connectivity index (χ3n) is 5.03. The van der Waals surface area contributed by atoms with E-state index in [1.165, 1.54) is 19.2 Å². The van der Waals surface area contributed by atoms with Gasteiger partial charge in [0.05, 0.1) is 11.5 Å². The van der Waals surface area contributed by atoms with Crippen molar-refractivity contribution in [2.24, 2.45) is 0 Å². The molecule has 1 N–H and O–H groups in total. The Morgan fingerprint density at radius 3 is 2.09 bits per heavy atom. The molecule has 1 heterocycles. The molecule has 11 heteroatoms. The van der Waals surface area contributed by atoms with Crippen LogP contribution in [0.1, 0.15) is 20.7 Å². The lowest BCUT2D eigenvalue weighted by Gasteiger charge is -2.35. The zero-order valence-corrected chi connectivity index (χ0v) is 18.9. The van der Waals surface area contributed by atoms with Crippen LogP contribution in [0.2, 0.25) is 10.0 Å². The van der Waals surface area contributed by atoms with Crippen LogP contribution in [0.15, 0.2) is 36.4 Å². The second-order valence-electron chi connectivity index (χ2n) is 7.15. The van der Waals surface area contributed by atoms with Gasteiger partial charge in [0.2, 0.25) is 0 Å². The van der Waals surface area contributed by atoms with Crippen LogP contribution >= 0.6 is 23.2 Å². The number of benzene rings is 2. The highest BCUT2D eigenvalue weighted by atomic mass is 35.5. The summed E-state index contributed by atoms with van der Waals surface area (Å²) >= 11 is 12.0. The fourth-order valence-corrected chi connectivity index (χ4v) is 3.93. The molecule has 0 aliphatic carbocycles. The normalized spacial score (nSPS) is 13.7. The molecule has 3 rings (SSSR count). The fourth-order valence-electron chi connectivity index (χ4n) is 3.41. The van der Waals surface area contributed by atoms with Crippen LogP contribution in [-0.2, 0) is 4.74 Å². The number of methoxy groups -OCH3 is 1. The van der Waals surface area contributed by atoms with Gasteiger partial charge in [0.15, 0.2) is 0 Å². The number of anilines is 1. The summed E-state index contributed by atoms with van der Waals surface area (Å²) in [5, 5.41) is 15.1. The van der Waals surface area contributed by atoms with Crippen LogP contribution in [0.25, 0.3) is 0 Å². The zero-order chi connectivity index (χ0) is 23.3. The minimum absolute atomic E-state index is 0.182. The van der Waals surface area contributed by atoms with Crippen molar-refractivity contribution in [3.63, 3.8) is 0 Å². The van der Waals surface area contributed by atoms with E-state index in [9.17, 15) is 19.7 Å². The maximum atomic E-state index is 12.9. The van der Waals surface area contributed by atoms with Gasteiger partial charge in [0, 0.05) is 67.1 Å². The van der Waals surface area contributed by atoms with Crippen molar-refractivity contribution in [3.8, 4) is 0 Å². The van der Waals surface area contributed by atoms with Gasteiger partial charge in [0.25, 0.3) is 17.5 Å². The molecule has 0 saturated carbocycles. The second kappa shape index (κ2) is 10.6. The summed E-state index contributed by atoms with van der Waals surface area (Å²) in [5.41, 5.74) is 0.739. The maximum absolute atomic E-state index is 12.9. The number of amides is 2. The van der Waals surface area contributed by atoms with E-state index in [4.69, 9.17) is 27.9 Å². The number of nitro groups is 1. The van der Waals surface area contributed by atoms with Crippen LogP contribution in [-0.4, -0.2) is 73.0 Å². The van der Waals surface area contributed by atoms with Gasteiger partial charge < -0.3 is 19.9 Å². The quantitative estimate of drug-likeness (QED) is 0.369. The number of halogens is 2. The number of carbonyl (C=O) groups is 2. The Morgan fingerprint density at radius 1 is 1.00 bits per heavy atom. The molecule has 2 aromatic rings. The van der Waals surface area contributed by atoms with E-state index in [-0.39, 0.29) is 23.1 Å². The molecule has 2 amide bonds. The first-order chi connectivity index (χ1) is 15.3. The summed E-state index contributed by atoms with van der Waals surface area (Å²) in [6, 6.07) is 8.99. The van der Waals surface area contributed by atoms with E-state index < -0.39 is 4.92 Å². The van der Waals surface area contributed by atoms with Crippen LogP contribution in [0.5, 0.6) is 0 Å². The van der Waals surface area contributed by atoms with Crippen LogP contribution in [0.4, 0.5) is 11.4 Å². The number of piperazine rings is 1. The Bertz CT molecular complexity index is 1000. The Balaban J connectivity index is 1.66. The Labute approximate surface area is 195 Å². The van der Waals surface area contributed by atoms with Crippen LogP contribution in [0.3, 0.4) is 0 Å². The van der Waals surface area contributed by atoms with Crippen molar-refractivity contribution in [3.05, 3.63) is 67.7 Å². The molecule has 0 aromatic heterocycles. The van der Waals surface area contributed by atoms with Gasteiger partial charge >= 0.3 is 0 Å². The predicted octanol–water partition coefficient (Wildman–Crippen LogP) is 3.56. The van der Waals surface area contributed by atoms with E-state index in [0.29, 0.717) is 60.6 Å². The average molecular weight is 481 g/mol. The van der Waals surface area contributed by atoms with E-state index in [1.807, 2.05) is 0 Å². The van der Waals surface area contributed by atoms with E-state index in [2.05, 4.69) is 5.32 Å². The number of rotatable bonds is 7. The van der Waals surface area contributed by atoms with Crippen molar-refractivity contribution >= 4 is 46.4 Å². The minimum atomic E-state index is -0.529. The lowest BCUT2D eigenvalue weighted by molar-refractivity contribution is -0.384. The highest BCUT2D eigenvalue weighted by molar-refractivity contribution is 6.35. The molecule has 32 heavy (non-hydrogen) atoms. The maximum Gasteiger partial charge on any atom is 0.293 e. The standard InChI is InChI=1S/C21H22Cl2N4O5/c1-32-9-4-24-18-3-2-14(12-19(18)27(30)31)20(28)25-5-7-26(8-6-25)21(29)15-10-16(22)13-17(23)11-15/h2-3,10-13,24H,4-9H2,1H3. The number of nitro benzene ring substituents is 1. The number of nitrogens with one attached hydrogen (secondary N) is 1. The third-order valence-corrected chi connectivity index (χ3v) is 5.46. The molecule has 0 radical (unpaired) electrons. The average Bonchev–Trinajstić information content (AvgIpc) is 2.77. The lowest BCUT2D eigenvalue weighted by atomic mass is 10.1. The molecule has 1 saturated heterocycles. The van der Waals surface area contributed by atoms with Crippen molar-refractivity contribution in [1.82, 2.24) is 9.80 Å². The predicted molar refractivity (Wildman–Crippen MR) is 122 cm³/mol. The topological polar surface area (TPSA) is 105 Å². The fraction of sp³-hybridized carbons (Fsp3) is 0.333. The summed E-state index contributed by atoms with van der Waals surface area (Å²) in [6.45, 7) is 2.06. The van der Waals surface area contributed by atoms with E-state index in [1.54, 1.807) is 34.1 Å². The summed E-state index contributed by atoms with van der Waals surface area (Å²) in [4.78, 5) is 39.8. The molecule has 0 bridgehead atoms. The largest absolute Gasteiger partial charge is 0.383 e. The number of hydrogen-bond donors (Lipinski definition) is 1. The minimum Gasteiger partial charge on any atom is -0.383 e. The van der Waals surface area contributed by atoms with Crippen molar-refractivity contribution in [2.75, 3.05) is 51.8 Å². The van der Waals surface area contributed by atoms with Gasteiger partial charge in [-0.05, 0) is 30.3 Å². The molecule has 1 fully saturated rings. The summed E-state index contributed by atoms with van der Waals surface area (Å²) < 4.78 is 4.94. The Kier molecular flexibility index (Phi) is 7.89. The number of ether oxygens (including phenoxy) is 1. The van der Waals surface area contributed by atoms with Gasteiger partial charge in [-0.15, -0.1) is 0 Å². The Hall–Kier alpha value is -2.88. The first kappa shape index (κ1) is 23.8. The van der Waals surface area contributed by atoms with E-state index >= 15 is 0 Å². The van der Waals surface area contributed by atoms with Crippen LogP contribution in [0, 0.1) is 10.1 Å². The molecule has 0 spiro atoms. The molecular weight excluding hydrogens is 459 g/mol. The molecule has 0 atom stereocenters. The summed E-state index contributed by atoms with van der Waals surface area (Å²) in [7, 11) is 1.54. The third kappa shape index (κ3) is 5.67. The van der Waals surface area contributed by atoms with Gasteiger partial charge in [-0.3, -0.25) is 19.7 Å². The summed E-state index contributed by atoms with van der Waals surface area (Å²) in [5.74, 6) is -0.543. The van der Waals surface area contributed by atoms with Gasteiger partial charge in [0.1, 0.15) is 5.69 Å². The van der Waals surface area contributed by atoms with Crippen molar-refractivity contribution in [1.29, 1.82) is 0 Å². The zero-order valence-electron chi connectivity index (χ0n) is 17.3. The molecule has 170 valence electrons. The first-order valence-electron chi connectivity index (χ1n) is 9.86. The van der Waals surface area contributed by atoms with Gasteiger partial charge in [-0.1, -0.05) is 23.2 Å². The van der Waals surface area contributed by atoms with Gasteiger partial charge in [-0.25, -0.2) is 0 Å². The number of hydrogen-bond acceptors (Lipinski definition) is 6. The van der Waals surface area contributed by atoms with Crippen molar-refractivity contribution in [2.45, 2.75) is 0 Å². The monoisotopic (exact) mass is 480 g/mol. The van der Waals surface area contributed by atoms with Crippen molar-refractivity contribution < 1.29 is 19.2 Å². The molecule has 2 aromatic carbocycles. The molecule has 0 unspecified atom stereocenters. The van der Waals surface area contributed by atoms with Crippen LogP contribution < -0.4 is 5.32 Å². The van der Waals surface area contributed by atoms with Gasteiger partial charge in [-0.2, -0.15) is 0 Å². The Morgan fingerprint density at radius 2 is 1.56 bits per heavy atom. The first-order valence-corrected chi connectivity index (χ1v) is 10.6. The molecule has 1 aliphatic heterocycles. The number of nitrogens with zero attached hydrogens (tertiary/aromatic N) is 3. The molecular formula is C21H22Cl2N4O5. The highest BCUT2D eigenvalue weighted by Gasteiger charge is 2.27. The molecule has 1 aliphatic rings. The second-order valence-corrected chi connectivity index (χ2v) is 8.02. The molecule has 9 nitrogen and oxygen atoms in total. The smallest absolute Gasteiger partial charge is 0.293 e. The van der Waals surface area contributed by atoms with E-state index in [0.717, 1.165) is 0 Å². The number of carbonyl (C=O) groups excluding carboxylic acids is 2. The SMILES string of the molecule is COCCNc1ccc(C(=O)N2CCN(C(=O)c3cc(Cl)cc(Cl)c3)CC2)cc1[N+](=O)[O-].